The van der Waals surface area contributed by atoms with Crippen molar-refractivity contribution < 1.29 is 4.79 Å². The molecule has 1 aromatic carbocycles. The number of benzene rings is 1. The molecule has 70 valence electrons. The van der Waals surface area contributed by atoms with Gasteiger partial charge in [0, 0.05) is 5.56 Å². The highest BCUT2D eigenvalue weighted by atomic mass is 35.5. The Hall–Kier alpha value is -0.240. The summed E-state index contributed by atoms with van der Waals surface area (Å²) in [5, 5.41) is 0.864. The molecule has 0 bridgehead atoms. The fraction of sp³-hybridized carbons (Fsp3) is 0.222. The first kappa shape index (κ1) is 10.8. The Morgan fingerprint density at radius 3 is 2.46 bits per heavy atom. The van der Waals surface area contributed by atoms with E-state index in [1.165, 1.54) is 6.07 Å². The summed E-state index contributed by atoms with van der Waals surface area (Å²) in [6, 6.07) is 3.21. The molecule has 0 amide bonds. The van der Waals surface area contributed by atoms with E-state index >= 15 is 0 Å². The van der Waals surface area contributed by atoms with Crippen molar-refractivity contribution in [2.24, 2.45) is 0 Å². The Kier molecular flexibility index (Phi) is 3.60. The first-order valence-electron chi connectivity index (χ1n) is 3.61. The van der Waals surface area contributed by atoms with Gasteiger partial charge in [-0.2, -0.15) is 0 Å². The van der Waals surface area contributed by atoms with Gasteiger partial charge in [-0.05, 0) is 24.6 Å². The van der Waals surface area contributed by atoms with E-state index in [-0.39, 0.29) is 11.7 Å². The van der Waals surface area contributed by atoms with Crippen LogP contribution in [-0.2, 0) is 0 Å². The molecule has 0 spiro atoms. The van der Waals surface area contributed by atoms with Crippen LogP contribution in [-0.4, -0.2) is 11.7 Å². The number of ketones is 1. The number of aryl methyl sites for hydroxylation is 1. The van der Waals surface area contributed by atoms with Crippen molar-refractivity contribution in [1.29, 1.82) is 0 Å². The maximum absolute atomic E-state index is 11.2. The van der Waals surface area contributed by atoms with Crippen molar-refractivity contribution in [2.45, 2.75) is 6.92 Å². The maximum atomic E-state index is 11.2. The number of halogens is 3. The molecular weight excluding hydrogens is 230 g/mol. The molecule has 0 aliphatic carbocycles. The molecule has 0 aliphatic rings. The Morgan fingerprint density at radius 1 is 1.38 bits per heavy atom. The quantitative estimate of drug-likeness (QED) is 0.566. The van der Waals surface area contributed by atoms with Gasteiger partial charge < -0.3 is 0 Å². The summed E-state index contributed by atoms with van der Waals surface area (Å²) in [7, 11) is 0. The zero-order valence-corrected chi connectivity index (χ0v) is 9.17. The summed E-state index contributed by atoms with van der Waals surface area (Å²) in [6.07, 6.45) is 0. The van der Waals surface area contributed by atoms with E-state index in [0.717, 1.165) is 5.56 Å². The number of Topliss-reactive ketones (excluding diaryl/α,β-unsaturated/α-hetero) is 1. The molecule has 0 radical (unpaired) electrons. The SMILES string of the molecule is Cc1cc(C(=O)CCl)cc(Cl)c1Cl. The lowest BCUT2D eigenvalue weighted by atomic mass is 10.1. The van der Waals surface area contributed by atoms with E-state index < -0.39 is 0 Å². The predicted octanol–water partition coefficient (Wildman–Crippen LogP) is 3.72. The first-order valence-corrected chi connectivity index (χ1v) is 4.90. The molecule has 0 unspecified atom stereocenters. The van der Waals surface area contributed by atoms with Gasteiger partial charge in [0.05, 0.1) is 15.9 Å². The van der Waals surface area contributed by atoms with Gasteiger partial charge in [-0.3, -0.25) is 4.79 Å². The van der Waals surface area contributed by atoms with E-state index in [1.807, 2.05) is 0 Å². The molecule has 0 fully saturated rings. The minimum Gasteiger partial charge on any atom is -0.293 e. The van der Waals surface area contributed by atoms with E-state index in [0.29, 0.717) is 15.6 Å². The molecule has 4 heteroatoms. The zero-order chi connectivity index (χ0) is 10.0. The number of rotatable bonds is 2. The summed E-state index contributed by atoms with van der Waals surface area (Å²) in [4.78, 5) is 11.2. The average Bonchev–Trinajstić information content (AvgIpc) is 2.12. The van der Waals surface area contributed by atoms with Crippen molar-refractivity contribution in [3.63, 3.8) is 0 Å². The molecule has 1 aromatic rings. The number of hydrogen-bond acceptors (Lipinski definition) is 1. The van der Waals surface area contributed by atoms with Crippen molar-refractivity contribution >= 4 is 40.6 Å². The van der Waals surface area contributed by atoms with Crippen molar-refractivity contribution in [1.82, 2.24) is 0 Å². The van der Waals surface area contributed by atoms with Crippen molar-refractivity contribution in [2.75, 3.05) is 5.88 Å². The number of hydrogen-bond donors (Lipinski definition) is 0. The normalized spacial score (nSPS) is 10.2. The van der Waals surface area contributed by atoms with Crippen LogP contribution in [0.1, 0.15) is 15.9 Å². The highest BCUT2D eigenvalue weighted by Crippen LogP contribution is 2.27. The minimum absolute atomic E-state index is 0.0442. The highest BCUT2D eigenvalue weighted by molar-refractivity contribution is 6.43. The lowest BCUT2D eigenvalue weighted by Crippen LogP contribution is -2.00. The molecule has 1 rings (SSSR count). The largest absolute Gasteiger partial charge is 0.293 e. The van der Waals surface area contributed by atoms with Crippen LogP contribution in [0.2, 0.25) is 10.0 Å². The zero-order valence-electron chi connectivity index (χ0n) is 6.90. The molecule has 0 atom stereocenters. The molecule has 0 saturated heterocycles. The van der Waals surface area contributed by atoms with Crippen LogP contribution >= 0.6 is 34.8 Å². The summed E-state index contributed by atoms with van der Waals surface area (Å²) in [5.41, 5.74) is 1.28. The maximum Gasteiger partial charge on any atom is 0.177 e. The van der Waals surface area contributed by atoms with E-state index in [1.54, 1.807) is 13.0 Å². The summed E-state index contributed by atoms with van der Waals surface area (Å²) >= 11 is 17.0. The van der Waals surface area contributed by atoms with Gasteiger partial charge in [-0.1, -0.05) is 23.2 Å². The third kappa shape index (κ3) is 2.37. The molecule has 1 nitrogen and oxygen atoms in total. The van der Waals surface area contributed by atoms with Crippen LogP contribution in [0.4, 0.5) is 0 Å². The van der Waals surface area contributed by atoms with Crippen molar-refractivity contribution in [3.8, 4) is 0 Å². The summed E-state index contributed by atoms with van der Waals surface area (Å²) in [6.45, 7) is 1.79. The monoisotopic (exact) mass is 236 g/mol. The number of alkyl halides is 1. The van der Waals surface area contributed by atoms with Gasteiger partial charge in [0.25, 0.3) is 0 Å². The third-order valence-corrected chi connectivity index (χ3v) is 2.79. The average molecular weight is 238 g/mol. The first-order chi connectivity index (χ1) is 6.06. The topological polar surface area (TPSA) is 17.1 Å². The van der Waals surface area contributed by atoms with Gasteiger partial charge in [0.1, 0.15) is 0 Å². The van der Waals surface area contributed by atoms with Crippen molar-refractivity contribution in [3.05, 3.63) is 33.3 Å². The summed E-state index contributed by atoms with van der Waals surface area (Å²) in [5.74, 6) is -0.194. The Labute approximate surface area is 91.6 Å². The fourth-order valence-corrected chi connectivity index (χ4v) is 1.49. The number of carbonyl (C=O) groups is 1. The molecule has 0 N–H and O–H groups in total. The smallest absolute Gasteiger partial charge is 0.177 e. The molecule has 0 aliphatic heterocycles. The van der Waals surface area contributed by atoms with Gasteiger partial charge in [0.15, 0.2) is 5.78 Å². The lowest BCUT2D eigenvalue weighted by Gasteiger charge is -2.03. The van der Waals surface area contributed by atoms with E-state index in [2.05, 4.69) is 0 Å². The Balaban J connectivity index is 3.20. The van der Waals surface area contributed by atoms with Gasteiger partial charge in [0.2, 0.25) is 0 Å². The van der Waals surface area contributed by atoms with E-state index in [9.17, 15) is 4.79 Å². The number of carbonyl (C=O) groups excluding carboxylic acids is 1. The van der Waals surface area contributed by atoms with Crippen LogP contribution in [0, 0.1) is 6.92 Å². The van der Waals surface area contributed by atoms with Gasteiger partial charge in [-0.15, -0.1) is 11.6 Å². The molecule has 0 aromatic heterocycles. The van der Waals surface area contributed by atoms with Crippen LogP contribution in [0.3, 0.4) is 0 Å². The second kappa shape index (κ2) is 4.32. The Bertz CT molecular complexity index is 324. The molecule has 13 heavy (non-hydrogen) atoms. The molecule has 0 saturated carbocycles. The second-order valence-corrected chi connectivity index (χ2v) is 3.70. The standard InChI is InChI=1S/C9H7Cl3O/c1-5-2-6(8(13)4-10)3-7(11)9(5)12/h2-3H,4H2,1H3. The lowest BCUT2D eigenvalue weighted by molar-refractivity contribution is 0.102. The van der Waals surface area contributed by atoms with Gasteiger partial charge >= 0.3 is 0 Å². The minimum atomic E-state index is -0.150. The highest BCUT2D eigenvalue weighted by Gasteiger charge is 2.09. The van der Waals surface area contributed by atoms with E-state index in [4.69, 9.17) is 34.8 Å². The van der Waals surface area contributed by atoms with Gasteiger partial charge in [-0.25, -0.2) is 0 Å². The predicted molar refractivity (Wildman–Crippen MR) is 56.2 cm³/mol. The Morgan fingerprint density at radius 2 is 2.00 bits per heavy atom. The second-order valence-electron chi connectivity index (χ2n) is 2.65. The van der Waals surface area contributed by atoms with Crippen LogP contribution in [0.25, 0.3) is 0 Å². The summed E-state index contributed by atoms with van der Waals surface area (Å²) < 4.78 is 0. The van der Waals surface area contributed by atoms with Crippen LogP contribution in [0.5, 0.6) is 0 Å². The van der Waals surface area contributed by atoms with Crippen LogP contribution in [0.15, 0.2) is 12.1 Å². The molecule has 0 heterocycles. The van der Waals surface area contributed by atoms with Crippen LogP contribution < -0.4 is 0 Å². The molecular formula is C9H7Cl3O. The third-order valence-electron chi connectivity index (χ3n) is 1.65. The fourth-order valence-electron chi connectivity index (χ4n) is 0.965.